The number of esters is 1. The van der Waals surface area contributed by atoms with Gasteiger partial charge in [0.25, 0.3) is 0 Å². The van der Waals surface area contributed by atoms with E-state index in [2.05, 4.69) is 11.3 Å². The molecule has 1 aliphatic heterocycles. The molecule has 19 heavy (non-hydrogen) atoms. The van der Waals surface area contributed by atoms with E-state index in [-0.39, 0.29) is 17.0 Å². The first-order valence-corrected chi connectivity index (χ1v) is 6.66. The van der Waals surface area contributed by atoms with Gasteiger partial charge in [0.2, 0.25) is 0 Å². The molecule has 6 nitrogen and oxygen atoms in total. The van der Waals surface area contributed by atoms with Gasteiger partial charge in [-0.2, -0.15) is 0 Å². The second kappa shape index (κ2) is 7.18. The van der Waals surface area contributed by atoms with Crippen LogP contribution in [0.2, 0.25) is 0 Å². The van der Waals surface area contributed by atoms with Crippen molar-refractivity contribution in [2.75, 3.05) is 20.3 Å². The number of rotatable bonds is 4. The molecule has 0 aliphatic carbocycles. The Morgan fingerprint density at radius 2 is 2.16 bits per heavy atom. The van der Waals surface area contributed by atoms with Crippen LogP contribution in [0.25, 0.3) is 0 Å². The van der Waals surface area contributed by atoms with Crippen LogP contribution < -0.4 is 0 Å². The van der Waals surface area contributed by atoms with E-state index in [1.54, 1.807) is 0 Å². The average Bonchev–Trinajstić information content (AvgIpc) is 2.77. The van der Waals surface area contributed by atoms with Gasteiger partial charge in [-0.1, -0.05) is 24.4 Å². The minimum Gasteiger partial charge on any atom is -0.467 e. The van der Waals surface area contributed by atoms with E-state index in [1.807, 2.05) is 0 Å². The Labute approximate surface area is 116 Å². The molecule has 0 N–H and O–H groups in total. The summed E-state index contributed by atoms with van der Waals surface area (Å²) >= 11 is 1.12. The Hall–Kier alpha value is -1.50. The first-order chi connectivity index (χ1) is 8.99. The predicted molar refractivity (Wildman–Crippen MR) is 70.7 cm³/mol. The maximum absolute atomic E-state index is 11.8. The van der Waals surface area contributed by atoms with Crippen molar-refractivity contribution < 1.29 is 23.9 Å². The SMILES string of the molecule is C=CCOC(=O)N1CC(SC(C)=O)CC1C(=O)OC. The third-order valence-corrected chi connectivity index (χ3v) is 3.63. The Morgan fingerprint density at radius 1 is 1.47 bits per heavy atom. The number of hydrogen-bond acceptors (Lipinski definition) is 6. The summed E-state index contributed by atoms with van der Waals surface area (Å²) < 4.78 is 9.59. The van der Waals surface area contributed by atoms with Gasteiger partial charge in [-0.05, 0) is 6.42 Å². The van der Waals surface area contributed by atoms with Crippen molar-refractivity contribution in [3.05, 3.63) is 12.7 Å². The maximum Gasteiger partial charge on any atom is 0.410 e. The number of thioether (sulfide) groups is 1. The highest BCUT2D eigenvalue weighted by Gasteiger charge is 2.41. The van der Waals surface area contributed by atoms with Crippen molar-refractivity contribution in [2.45, 2.75) is 24.6 Å². The van der Waals surface area contributed by atoms with Crippen molar-refractivity contribution in [1.82, 2.24) is 4.90 Å². The summed E-state index contributed by atoms with van der Waals surface area (Å²) in [7, 11) is 1.26. The van der Waals surface area contributed by atoms with Gasteiger partial charge in [-0.3, -0.25) is 9.69 Å². The smallest absolute Gasteiger partial charge is 0.410 e. The van der Waals surface area contributed by atoms with Crippen LogP contribution in [0.5, 0.6) is 0 Å². The van der Waals surface area contributed by atoms with Gasteiger partial charge >= 0.3 is 12.1 Å². The topological polar surface area (TPSA) is 72.9 Å². The summed E-state index contributed by atoms with van der Waals surface area (Å²) in [6, 6.07) is -0.695. The molecule has 2 atom stereocenters. The third-order valence-electron chi connectivity index (χ3n) is 2.63. The molecule has 0 radical (unpaired) electrons. The maximum atomic E-state index is 11.8. The van der Waals surface area contributed by atoms with Gasteiger partial charge in [0, 0.05) is 18.7 Å². The molecule has 2 unspecified atom stereocenters. The van der Waals surface area contributed by atoms with Gasteiger partial charge < -0.3 is 9.47 Å². The lowest BCUT2D eigenvalue weighted by Crippen LogP contribution is -2.41. The van der Waals surface area contributed by atoms with E-state index in [0.29, 0.717) is 13.0 Å². The lowest BCUT2D eigenvalue weighted by molar-refractivity contribution is -0.145. The lowest BCUT2D eigenvalue weighted by Gasteiger charge is -2.21. The van der Waals surface area contributed by atoms with Crippen LogP contribution in [0.1, 0.15) is 13.3 Å². The predicted octanol–water partition coefficient (Wildman–Crippen LogP) is 1.20. The van der Waals surface area contributed by atoms with E-state index in [4.69, 9.17) is 4.74 Å². The van der Waals surface area contributed by atoms with Crippen LogP contribution in [0.15, 0.2) is 12.7 Å². The first-order valence-electron chi connectivity index (χ1n) is 5.79. The van der Waals surface area contributed by atoms with E-state index in [1.165, 1.54) is 25.0 Å². The molecule has 106 valence electrons. The van der Waals surface area contributed by atoms with Crippen LogP contribution in [-0.4, -0.2) is 53.6 Å². The number of hydrogen-bond donors (Lipinski definition) is 0. The molecule has 7 heteroatoms. The number of methoxy groups -OCH3 is 1. The highest BCUT2D eigenvalue weighted by Crippen LogP contribution is 2.29. The van der Waals surface area contributed by atoms with Crippen molar-refractivity contribution >= 4 is 28.9 Å². The van der Waals surface area contributed by atoms with E-state index in [0.717, 1.165) is 11.8 Å². The molecule has 0 aromatic carbocycles. The fourth-order valence-electron chi connectivity index (χ4n) is 1.89. The molecule has 1 amide bonds. The number of ether oxygens (including phenoxy) is 2. The molecule has 0 bridgehead atoms. The van der Waals surface area contributed by atoms with E-state index in [9.17, 15) is 14.4 Å². The van der Waals surface area contributed by atoms with Gasteiger partial charge in [0.1, 0.15) is 12.6 Å². The molecular formula is C12H17NO5S. The average molecular weight is 287 g/mol. The van der Waals surface area contributed by atoms with Gasteiger partial charge in [0.05, 0.1) is 7.11 Å². The van der Waals surface area contributed by atoms with Crippen LogP contribution in [-0.2, 0) is 19.1 Å². The molecule has 0 aromatic heterocycles. The highest BCUT2D eigenvalue weighted by atomic mass is 32.2. The van der Waals surface area contributed by atoms with E-state index < -0.39 is 18.1 Å². The summed E-state index contributed by atoms with van der Waals surface area (Å²) in [6.07, 6.45) is 1.24. The first kappa shape index (κ1) is 15.6. The van der Waals surface area contributed by atoms with Crippen molar-refractivity contribution in [1.29, 1.82) is 0 Å². The molecule has 1 heterocycles. The summed E-state index contributed by atoms with van der Waals surface area (Å²) in [5.74, 6) is -0.498. The molecule has 0 spiro atoms. The molecule has 0 aromatic rings. The minimum atomic E-state index is -0.695. The molecule has 0 saturated carbocycles. The normalized spacial score (nSPS) is 21.9. The number of likely N-dealkylation sites (tertiary alicyclic amines) is 1. The molecule has 1 aliphatic rings. The minimum absolute atomic E-state index is 0.0464. The number of carbonyl (C=O) groups excluding carboxylic acids is 3. The molecule has 1 fully saturated rings. The monoisotopic (exact) mass is 287 g/mol. The quantitative estimate of drug-likeness (QED) is 0.571. The molecule has 1 saturated heterocycles. The van der Waals surface area contributed by atoms with Crippen LogP contribution in [0.3, 0.4) is 0 Å². The number of amides is 1. The van der Waals surface area contributed by atoms with Gasteiger partial charge in [-0.25, -0.2) is 9.59 Å². The Morgan fingerprint density at radius 3 is 2.68 bits per heavy atom. The highest BCUT2D eigenvalue weighted by molar-refractivity contribution is 8.14. The van der Waals surface area contributed by atoms with Crippen LogP contribution in [0.4, 0.5) is 4.79 Å². The second-order valence-corrected chi connectivity index (χ2v) is 5.50. The Bertz CT molecular complexity index is 384. The fourth-order valence-corrected chi connectivity index (χ4v) is 2.87. The Balaban J connectivity index is 2.73. The third kappa shape index (κ3) is 4.27. The zero-order valence-electron chi connectivity index (χ0n) is 11.0. The fraction of sp³-hybridized carbons (Fsp3) is 0.583. The van der Waals surface area contributed by atoms with Crippen molar-refractivity contribution in [3.8, 4) is 0 Å². The lowest BCUT2D eigenvalue weighted by atomic mass is 10.2. The van der Waals surface area contributed by atoms with Crippen molar-refractivity contribution in [2.24, 2.45) is 0 Å². The van der Waals surface area contributed by atoms with E-state index >= 15 is 0 Å². The van der Waals surface area contributed by atoms with Gasteiger partial charge in [0.15, 0.2) is 5.12 Å². The molecule has 1 rings (SSSR count). The standard InChI is InChI=1S/C12H17NO5S/c1-4-5-18-12(16)13-7-9(19-8(2)14)6-10(13)11(15)17-3/h4,9-10H,1,5-7H2,2-3H3. The van der Waals surface area contributed by atoms with Crippen LogP contribution in [0, 0.1) is 0 Å². The summed E-state index contributed by atoms with van der Waals surface area (Å²) in [5.41, 5.74) is 0. The van der Waals surface area contributed by atoms with Gasteiger partial charge in [-0.15, -0.1) is 0 Å². The second-order valence-electron chi connectivity index (χ2n) is 4.02. The summed E-state index contributed by atoms with van der Waals surface area (Å²) in [4.78, 5) is 35.9. The summed E-state index contributed by atoms with van der Waals surface area (Å²) in [6.45, 7) is 5.27. The number of nitrogens with zero attached hydrogens (tertiary/aromatic N) is 1. The Kier molecular flexibility index (Phi) is 5.88. The largest absolute Gasteiger partial charge is 0.467 e. The van der Waals surface area contributed by atoms with Crippen molar-refractivity contribution in [3.63, 3.8) is 0 Å². The van der Waals surface area contributed by atoms with Crippen LogP contribution >= 0.6 is 11.8 Å². The number of carbonyl (C=O) groups is 3. The zero-order valence-corrected chi connectivity index (χ0v) is 11.8. The molecular weight excluding hydrogens is 270 g/mol. The summed E-state index contributed by atoms with van der Waals surface area (Å²) in [5, 5.41) is -0.159. The zero-order chi connectivity index (χ0) is 14.4.